The van der Waals surface area contributed by atoms with Gasteiger partial charge >= 0.3 is 5.97 Å². The Morgan fingerprint density at radius 3 is 2.63 bits per heavy atom. The molecule has 140 valence electrons. The zero-order valence-electron chi connectivity index (χ0n) is 14.2. The Bertz CT molecular complexity index is 1050. The number of aromatic nitrogens is 2. The van der Waals surface area contributed by atoms with Crippen molar-refractivity contribution in [2.24, 2.45) is 0 Å². The monoisotopic (exact) mass is 405 g/mol. The van der Waals surface area contributed by atoms with Crippen molar-refractivity contribution in [3.63, 3.8) is 0 Å². The summed E-state index contributed by atoms with van der Waals surface area (Å²) in [5.74, 6) is 0.296. The van der Waals surface area contributed by atoms with Crippen LogP contribution in [0.15, 0.2) is 50.5 Å². The maximum absolute atomic E-state index is 12.7. The average Bonchev–Trinajstić information content (AvgIpc) is 3.31. The number of thiophene rings is 1. The largest absolute Gasteiger partial charge is 0.465 e. The molecule has 1 saturated heterocycles. The highest BCUT2D eigenvalue weighted by molar-refractivity contribution is 7.89. The topological polar surface area (TPSA) is 103 Å². The quantitative estimate of drug-likeness (QED) is 0.600. The first-order chi connectivity index (χ1) is 13.0. The Morgan fingerprint density at radius 1 is 1.26 bits per heavy atom. The predicted molar refractivity (Wildman–Crippen MR) is 96.9 cm³/mol. The van der Waals surface area contributed by atoms with Crippen LogP contribution in [-0.4, -0.2) is 49.0 Å². The van der Waals surface area contributed by atoms with Crippen molar-refractivity contribution in [2.45, 2.75) is 10.8 Å². The van der Waals surface area contributed by atoms with Gasteiger partial charge in [0.05, 0.1) is 23.5 Å². The number of methoxy groups -OCH3 is 1. The minimum absolute atomic E-state index is 0.123. The highest BCUT2D eigenvalue weighted by Crippen LogP contribution is 2.32. The van der Waals surface area contributed by atoms with Crippen molar-refractivity contribution < 1.29 is 22.5 Å². The molecule has 0 spiro atoms. The first-order valence-corrected chi connectivity index (χ1v) is 10.4. The Balaban J connectivity index is 1.44. The van der Waals surface area contributed by atoms with Gasteiger partial charge in [-0.25, -0.2) is 13.2 Å². The second kappa shape index (κ2) is 6.87. The van der Waals surface area contributed by atoms with Gasteiger partial charge < -0.3 is 9.26 Å². The number of carbonyl (C=O) groups excluding carboxylic acids is 1. The Labute approximate surface area is 159 Å². The molecule has 0 atom stereocenters. The van der Waals surface area contributed by atoms with Gasteiger partial charge in [-0.3, -0.25) is 0 Å². The Kier molecular flexibility index (Phi) is 4.54. The number of ether oxygens (including phenoxy) is 1. The molecule has 27 heavy (non-hydrogen) atoms. The van der Waals surface area contributed by atoms with E-state index in [1.54, 1.807) is 0 Å². The molecule has 0 aliphatic carbocycles. The summed E-state index contributed by atoms with van der Waals surface area (Å²) < 4.78 is 36.6. The van der Waals surface area contributed by atoms with Gasteiger partial charge in [-0.15, -0.1) is 0 Å². The van der Waals surface area contributed by atoms with Crippen molar-refractivity contribution in [3.05, 3.63) is 52.5 Å². The Morgan fingerprint density at radius 2 is 2.00 bits per heavy atom. The second-order valence-corrected chi connectivity index (χ2v) is 8.72. The number of benzene rings is 1. The van der Waals surface area contributed by atoms with Gasteiger partial charge in [0.2, 0.25) is 21.7 Å². The second-order valence-electron chi connectivity index (χ2n) is 6.00. The summed E-state index contributed by atoms with van der Waals surface area (Å²) in [4.78, 5) is 15.9. The van der Waals surface area contributed by atoms with E-state index >= 15 is 0 Å². The lowest BCUT2D eigenvalue weighted by atomic mass is 10.0. The van der Waals surface area contributed by atoms with Crippen molar-refractivity contribution >= 4 is 27.3 Å². The summed E-state index contributed by atoms with van der Waals surface area (Å²) in [5.41, 5.74) is 1.18. The molecule has 1 aromatic carbocycles. The fourth-order valence-corrected chi connectivity index (χ4v) is 4.90. The molecular formula is C17H15N3O5S2. The summed E-state index contributed by atoms with van der Waals surface area (Å²) in [6.07, 6.45) is 0. The van der Waals surface area contributed by atoms with E-state index in [1.165, 1.54) is 47.0 Å². The molecular weight excluding hydrogens is 390 g/mol. The highest BCUT2D eigenvalue weighted by atomic mass is 32.2. The minimum Gasteiger partial charge on any atom is -0.465 e. The molecule has 0 amide bonds. The fraction of sp³-hybridized carbons (Fsp3) is 0.235. The fourth-order valence-electron chi connectivity index (χ4n) is 2.73. The molecule has 1 aliphatic heterocycles. The first-order valence-electron chi connectivity index (χ1n) is 8.04. The van der Waals surface area contributed by atoms with Crippen molar-refractivity contribution in [1.82, 2.24) is 14.4 Å². The molecule has 0 N–H and O–H groups in total. The van der Waals surface area contributed by atoms with E-state index in [0.29, 0.717) is 17.3 Å². The number of carbonyl (C=O) groups is 1. The maximum Gasteiger partial charge on any atom is 0.337 e. The summed E-state index contributed by atoms with van der Waals surface area (Å²) in [6.45, 7) is 0.540. The minimum atomic E-state index is -3.64. The smallest absolute Gasteiger partial charge is 0.337 e. The standard InChI is InChI=1S/C17H15N3O5S2/c1-24-17(21)11-2-4-14(5-3-11)27(22,23)20-8-13(9-20)16-18-15(19-25-16)12-6-7-26-10-12/h2-7,10,13H,8-9H2,1H3. The molecule has 0 bridgehead atoms. The molecule has 1 aliphatic rings. The van der Waals surface area contributed by atoms with Crippen LogP contribution in [0.1, 0.15) is 22.2 Å². The van der Waals surface area contributed by atoms with Crippen LogP contribution in [-0.2, 0) is 14.8 Å². The van der Waals surface area contributed by atoms with Gasteiger partial charge in [-0.05, 0) is 35.7 Å². The average molecular weight is 405 g/mol. The normalized spacial score (nSPS) is 15.4. The van der Waals surface area contributed by atoms with Crippen LogP contribution in [0.4, 0.5) is 0 Å². The molecule has 3 aromatic rings. The van der Waals surface area contributed by atoms with Crippen LogP contribution in [0, 0.1) is 0 Å². The highest BCUT2D eigenvalue weighted by Gasteiger charge is 2.40. The van der Waals surface area contributed by atoms with E-state index in [1.807, 2.05) is 16.8 Å². The van der Waals surface area contributed by atoms with E-state index in [2.05, 4.69) is 14.9 Å². The van der Waals surface area contributed by atoms with Crippen LogP contribution >= 0.6 is 11.3 Å². The maximum atomic E-state index is 12.7. The molecule has 0 unspecified atom stereocenters. The number of hydrogen-bond acceptors (Lipinski definition) is 8. The lowest BCUT2D eigenvalue weighted by Gasteiger charge is -2.35. The Hall–Kier alpha value is -2.56. The molecule has 1 fully saturated rings. The number of hydrogen-bond donors (Lipinski definition) is 0. The number of nitrogens with zero attached hydrogens (tertiary/aromatic N) is 3. The van der Waals surface area contributed by atoms with E-state index in [4.69, 9.17) is 4.52 Å². The number of esters is 1. The van der Waals surface area contributed by atoms with Gasteiger partial charge in [0, 0.05) is 24.0 Å². The SMILES string of the molecule is COC(=O)c1ccc(S(=O)(=O)N2CC(c3nc(-c4ccsc4)no3)C2)cc1. The van der Waals surface area contributed by atoms with Crippen molar-refractivity contribution in [2.75, 3.05) is 20.2 Å². The van der Waals surface area contributed by atoms with Gasteiger partial charge in [0.1, 0.15) is 0 Å². The molecule has 0 radical (unpaired) electrons. The van der Waals surface area contributed by atoms with Crippen LogP contribution in [0.2, 0.25) is 0 Å². The summed E-state index contributed by atoms with van der Waals surface area (Å²) in [5, 5.41) is 7.80. The number of sulfonamides is 1. The molecule has 3 heterocycles. The number of rotatable bonds is 5. The third-order valence-electron chi connectivity index (χ3n) is 4.33. The first kappa shape index (κ1) is 17.8. The van der Waals surface area contributed by atoms with E-state index in [-0.39, 0.29) is 23.9 Å². The predicted octanol–water partition coefficient (Wildman–Crippen LogP) is 2.37. The van der Waals surface area contributed by atoms with E-state index in [9.17, 15) is 13.2 Å². The van der Waals surface area contributed by atoms with Crippen LogP contribution < -0.4 is 0 Å². The van der Waals surface area contributed by atoms with Gasteiger partial charge in [0.15, 0.2) is 0 Å². The van der Waals surface area contributed by atoms with Crippen LogP contribution in [0.3, 0.4) is 0 Å². The summed E-state index contributed by atoms with van der Waals surface area (Å²) in [7, 11) is -2.36. The van der Waals surface area contributed by atoms with Crippen LogP contribution in [0.25, 0.3) is 11.4 Å². The van der Waals surface area contributed by atoms with E-state index < -0.39 is 16.0 Å². The van der Waals surface area contributed by atoms with E-state index in [0.717, 1.165) is 5.56 Å². The van der Waals surface area contributed by atoms with Gasteiger partial charge in [-0.2, -0.15) is 20.6 Å². The summed E-state index contributed by atoms with van der Waals surface area (Å²) in [6, 6.07) is 7.56. The van der Waals surface area contributed by atoms with Crippen molar-refractivity contribution in [1.29, 1.82) is 0 Å². The van der Waals surface area contributed by atoms with Gasteiger partial charge in [0.25, 0.3) is 0 Å². The van der Waals surface area contributed by atoms with Crippen molar-refractivity contribution in [3.8, 4) is 11.4 Å². The molecule has 8 nitrogen and oxygen atoms in total. The van der Waals surface area contributed by atoms with Crippen LogP contribution in [0.5, 0.6) is 0 Å². The zero-order chi connectivity index (χ0) is 19.0. The molecule has 2 aromatic heterocycles. The third-order valence-corrected chi connectivity index (χ3v) is 6.86. The lowest BCUT2D eigenvalue weighted by molar-refractivity contribution is 0.0600. The van der Waals surface area contributed by atoms with Gasteiger partial charge in [-0.1, -0.05) is 5.16 Å². The zero-order valence-corrected chi connectivity index (χ0v) is 15.9. The summed E-state index contributed by atoms with van der Waals surface area (Å²) >= 11 is 1.54. The third kappa shape index (κ3) is 3.27. The molecule has 10 heteroatoms. The lowest BCUT2D eigenvalue weighted by Crippen LogP contribution is -2.48. The molecule has 0 saturated carbocycles. The molecule has 4 rings (SSSR count).